The highest BCUT2D eigenvalue weighted by atomic mass is 16.6. The average molecular weight is 198 g/mol. The van der Waals surface area contributed by atoms with Gasteiger partial charge in [0.15, 0.2) is 0 Å². The summed E-state index contributed by atoms with van der Waals surface area (Å²) in [7, 11) is 0. The van der Waals surface area contributed by atoms with Crippen LogP contribution in [0.25, 0.3) is 0 Å². The van der Waals surface area contributed by atoms with Gasteiger partial charge in [-0.2, -0.15) is 0 Å². The lowest BCUT2D eigenvalue weighted by Crippen LogP contribution is -2.28. The lowest BCUT2D eigenvalue weighted by Gasteiger charge is -2.17. The highest BCUT2D eigenvalue weighted by Crippen LogP contribution is 2.37. The van der Waals surface area contributed by atoms with Crippen molar-refractivity contribution in [2.24, 2.45) is 0 Å². The van der Waals surface area contributed by atoms with Crippen molar-refractivity contribution < 1.29 is 24.2 Å². The molecule has 3 atom stereocenters. The van der Waals surface area contributed by atoms with E-state index in [9.17, 15) is 9.59 Å². The minimum absolute atomic E-state index is 0.137. The molecule has 1 heterocycles. The van der Waals surface area contributed by atoms with Gasteiger partial charge in [0.05, 0.1) is 0 Å². The van der Waals surface area contributed by atoms with E-state index in [1.165, 1.54) is 6.92 Å². The number of fused-ring (bicyclic) bond motifs is 1. The summed E-state index contributed by atoms with van der Waals surface area (Å²) < 4.78 is 10.1. The van der Waals surface area contributed by atoms with Gasteiger partial charge in [0.25, 0.3) is 0 Å². The lowest BCUT2D eigenvalue weighted by molar-refractivity contribution is -0.148. The topological polar surface area (TPSA) is 76.1 Å². The molecular weight excluding hydrogens is 188 g/mol. The fourth-order valence-electron chi connectivity index (χ4n) is 1.65. The molecule has 0 bridgehead atoms. The number of hydrogen-bond donors (Lipinski definition) is 1. The molecule has 1 aliphatic carbocycles. The Hall–Kier alpha value is -1.36. The molecule has 0 aromatic rings. The average Bonchev–Trinajstić information content (AvgIpc) is 2.81. The molecule has 76 valence electrons. The van der Waals surface area contributed by atoms with Crippen molar-refractivity contribution in [3.05, 3.63) is 11.6 Å². The summed E-state index contributed by atoms with van der Waals surface area (Å²) in [5.41, 5.74) is 0.259. The summed E-state index contributed by atoms with van der Waals surface area (Å²) in [6, 6.07) is 0. The smallest absolute Gasteiger partial charge is 0.331 e. The molecule has 5 nitrogen and oxygen atoms in total. The molecule has 5 heteroatoms. The number of carboxylic acid groups (broad SMARTS) is 1. The number of carboxylic acids is 1. The normalized spacial score (nSPS) is 34.1. The molecule has 14 heavy (non-hydrogen) atoms. The molecule has 0 saturated carbocycles. The van der Waals surface area contributed by atoms with Crippen LogP contribution >= 0.6 is 0 Å². The third-order valence-corrected chi connectivity index (χ3v) is 2.31. The maximum atomic E-state index is 10.7. The van der Waals surface area contributed by atoms with Crippen LogP contribution in [0.1, 0.15) is 13.3 Å². The summed E-state index contributed by atoms with van der Waals surface area (Å²) in [4.78, 5) is 21.4. The van der Waals surface area contributed by atoms with Crippen molar-refractivity contribution in [2.75, 3.05) is 0 Å². The van der Waals surface area contributed by atoms with Crippen molar-refractivity contribution in [3.63, 3.8) is 0 Å². The number of epoxide rings is 1. The minimum atomic E-state index is -0.976. The van der Waals surface area contributed by atoms with Crippen molar-refractivity contribution in [2.45, 2.75) is 31.7 Å². The van der Waals surface area contributed by atoms with E-state index in [1.807, 2.05) is 0 Å². The molecule has 0 spiro atoms. The fraction of sp³-hybridized carbons (Fsp3) is 0.556. The third-order valence-electron chi connectivity index (χ3n) is 2.31. The second kappa shape index (κ2) is 3.09. The quantitative estimate of drug-likeness (QED) is 0.503. The summed E-state index contributed by atoms with van der Waals surface area (Å²) in [5.74, 6) is -1.38. The van der Waals surface area contributed by atoms with Crippen molar-refractivity contribution in [1.29, 1.82) is 0 Å². The van der Waals surface area contributed by atoms with E-state index in [0.29, 0.717) is 0 Å². The van der Waals surface area contributed by atoms with Gasteiger partial charge in [-0.05, 0) is 6.08 Å². The predicted molar refractivity (Wildman–Crippen MR) is 44.6 cm³/mol. The molecular formula is C9H10O5. The van der Waals surface area contributed by atoms with Crippen LogP contribution in [0.5, 0.6) is 0 Å². The monoisotopic (exact) mass is 198 g/mol. The second-order valence-electron chi connectivity index (χ2n) is 3.41. The molecule has 0 radical (unpaired) electrons. The first kappa shape index (κ1) is 9.21. The number of hydrogen-bond acceptors (Lipinski definition) is 4. The van der Waals surface area contributed by atoms with Crippen molar-refractivity contribution in [1.82, 2.24) is 0 Å². The van der Waals surface area contributed by atoms with Gasteiger partial charge in [-0.3, -0.25) is 4.79 Å². The molecule has 0 aromatic heterocycles. The first-order chi connectivity index (χ1) is 6.58. The summed E-state index contributed by atoms with van der Waals surface area (Å²) in [5, 5.41) is 8.76. The van der Waals surface area contributed by atoms with E-state index >= 15 is 0 Å². The van der Waals surface area contributed by atoms with Gasteiger partial charge in [-0.25, -0.2) is 4.79 Å². The van der Waals surface area contributed by atoms with Crippen molar-refractivity contribution in [3.8, 4) is 0 Å². The van der Waals surface area contributed by atoms with E-state index < -0.39 is 18.0 Å². The van der Waals surface area contributed by atoms with Crippen LogP contribution in [-0.2, 0) is 19.1 Å². The first-order valence-electron chi connectivity index (χ1n) is 4.34. The van der Waals surface area contributed by atoms with Gasteiger partial charge in [0, 0.05) is 18.9 Å². The van der Waals surface area contributed by atoms with Gasteiger partial charge in [-0.15, -0.1) is 0 Å². The minimum Gasteiger partial charge on any atom is -0.478 e. The number of esters is 1. The van der Waals surface area contributed by atoms with Crippen LogP contribution in [0.4, 0.5) is 0 Å². The van der Waals surface area contributed by atoms with Crippen LogP contribution in [0.15, 0.2) is 11.6 Å². The lowest BCUT2D eigenvalue weighted by atomic mass is 9.97. The van der Waals surface area contributed by atoms with Crippen LogP contribution in [0, 0.1) is 0 Å². The molecule has 1 N–H and O–H groups in total. The standard InChI is InChI=1S/C9H10O5/c1-4(10)13-6-2-5(9(11)12)3-7-8(6)14-7/h3,6-8H,2H2,1H3,(H,11,12)/t6-,7-,8+/m0/s1. The Morgan fingerprint density at radius 2 is 2.36 bits per heavy atom. The zero-order valence-corrected chi connectivity index (χ0v) is 7.60. The number of rotatable bonds is 2. The molecule has 1 saturated heterocycles. The zero-order valence-electron chi connectivity index (χ0n) is 7.60. The SMILES string of the molecule is CC(=O)O[C@H]1CC(C(=O)O)=C[C@@H]2O[C@@H]21. The highest BCUT2D eigenvalue weighted by Gasteiger charge is 2.49. The fourth-order valence-corrected chi connectivity index (χ4v) is 1.65. The molecule has 2 rings (SSSR count). The Morgan fingerprint density at radius 1 is 1.64 bits per heavy atom. The van der Waals surface area contributed by atoms with Crippen LogP contribution in [0.3, 0.4) is 0 Å². The Bertz CT molecular complexity index is 319. The summed E-state index contributed by atoms with van der Waals surface area (Å²) >= 11 is 0. The van der Waals surface area contributed by atoms with Crippen LogP contribution < -0.4 is 0 Å². The molecule has 1 fully saturated rings. The number of carbonyl (C=O) groups excluding carboxylic acids is 1. The van der Waals surface area contributed by atoms with Gasteiger partial charge < -0.3 is 14.6 Å². The van der Waals surface area contributed by atoms with Crippen LogP contribution in [0.2, 0.25) is 0 Å². The Labute approximate surface area is 80.3 Å². The van der Waals surface area contributed by atoms with Gasteiger partial charge in [0.1, 0.15) is 18.3 Å². The van der Waals surface area contributed by atoms with E-state index in [-0.39, 0.29) is 24.2 Å². The largest absolute Gasteiger partial charge is 0.478 e. The third kappa shape index (κ3) is 1.63. The number of aliphatic carboxylic acids is 1. The highest BCUT2D eigenvalue weighted by molar-refractivity contribution is 5.87. The molecule has 0 amide bonds. The van der Waals surface area contributed by atoms with E-state index in [0.717, 1.165) is 0 Å². The Balaban J connectivity index is 2.07. The van der Waals surface area contributed by atoms with Gasteiger partial charge in [0.2, 0.25) is 0 Å². The Kier molecular flexibility index (Phi) is 2.03. The molecule has 0 unspecified atom stereocenters. The summed E-state index contributed by atoms with van der Waals surface area (Å²) in [6.45, 7) is 1.30. The molecule has 2 aliphatic rings. The maximum Gasteiger partial charge on any atom is 0.331 e. The molecule has 0 aromatic carbocycles. The number of ether oxygens (including phenoxy) is 2. The predicted octanol–water partition coefficient (Wildman–Crippen LogP) is 0.100. The van der Waals surface area contributed by atoms with Crippen molar-refractivity contribution >= 4 is 11.9 Å². The van der Waals surface area contributed by atoms with Crippen LogP contribution in [-0.4, -0.2) is 35.4 Å². The van der Waals surface area contributed by atoms with E-state index in [4.69, 9.17) is 14.6 Å². The van der Waals surface area contributed by atoms with Gasteiger partial charge in [-0.1, -0.05) is 0 Å². The first-order valence-corrected chi connectivity index (χ1v) is 4.34. The molecule has 1 aliphatic heterocycles. The zero-order chi connectivity index (χ0) is 10.3. The number of carbonyl (C=O) groups is 2. The summed E-state index contributed by atoms with van der Waals surface area (Å²) in [6.07, 6.45) is 1.05. The van der Waals surface area contributed by atoms with E-state index in [1.54, 1.807) is 6.08 Å². The second-order valence-corrected chi connectivity index (χ2v) is 3.41. The Morgan fingerprint density at radius 3 is 2.93 bits per heavy atom. The maximum absolute atomic E-state index is 10.7. The van der Waals surface area contributed by atoms with E-state index in [2.05, 4.69) is 0 Å². The van der Waals surface area contributed by atoms with Gasteiger partial charge >= 0.3 is 11.9 Å².